The van der Waals surface area contributed by atoms with Crippen molar-refractivity contribution in [2.75, 3.05) is 13.2 Å². The van der Waals surface area contributed by atoms with Gasteiger partial charge < -0.3 is 14.8 Å². The molecule has 0 atom stereocenters. The Hall–Kier alpha value is -1.38. The maximum atomic E-state index is 12.3. The average Bonchev–Trinajstić information content (AvgIpc) is 3.35. The molecule has 0 aromatic carbocycles. The molecule has 1 aromatic heterocycles. The second-order valence-electron chi connectivity index (χ2n) is 5.99. The molecule has 21 heavy (non-hydrogen) atoms. The first-order chi connectivity index (χ1) is 9.87. The van der Waals surface area contributed by atoms with Gasteiger partial charge in [0.1, 0.15) is 10.6 Å². The predicted molar refractivity (Wildman–Crippen MR) is 73.6 cm³/mol. The molecule has 2 fully saturated rings. The highest BCUT2D eigenvalue weighted by Gasteiger charge is 2.43. The van der Waals surface area contributed by atoms with Crippen molar-refractivity contribution in [3.05, 3.63) is 18.0 Å². The Morgan fingerprint density at radius 1 is 1.43 bits per heavy atom. The lowest BCUT2D eigenvalue weighted by atomic mass is 10.1. The largest absolute Gasteiger partial charge is 0.477 e. The van der Waals surface area contributed by atoms with Crippen LogP contribution in [0.4, 0.5) is 0 Å². The number of carboxylic acids is 1. The topological polar surface area (TPSA) is 109 Å². The molecule has 0 aliphatic heterocycles. The molecule has 1 aromatic rings. The maximum absolute atomic E-state index is 12.3. The molecule has 0 unspecified atom stereocenters. The van der Waals surface area contributed by atoms with Gasteiger partial charge in [0.25, 0.3) is 0 Å². The normalized spacial score (nSPS) is 20.4. The summed E-state index contributed by atoms with van der Waals surface area (Å²) in [5.41, 5.74) is -0.331. The van der Waals surface area contributed by atoms with E-state index in [9.17, 15) is 18.3 Å². The number of aromatic carboxylic acids is 1. The number of carbonyl (C=O) groups is 1. The zero-order valence-corrected chi connectivity index (χ0v) is 12.3. The van der Waals surface area contributed by atoms with Gasteiger partial charge in [0.2, 0.25) is 10.0 Å². The van der Waals surface area contributed by atoms with Crippen LogP contribution in [-0.2, 0) is 10.0 Å². The smallest absolute Gasteiger partial charge is 0.352 e. The minimum absolute atomic E-state index is 0.00108. The number of nitrogens with zero attached hydrogens (tertiary/aromatic N) is 1. The lowest BCUT2D eigenvalue weighted by Gasteiger charge is -2.12. The number of aromatic nitrogens is 1. The molecule has 2 aliphatic carbocycles. The first-order valence-electron chi connectivity index (χ1n) is 6.93. The summed E-state index contributed by atoms with van der Waals surface area (Å²) in [7, 11) is -3.75. The molecule has 7 nitrogen and oxygen atoms in total. The Morgan fingerprint density at radius 2 is 2.10 bits per heavy atom. The zero-order chi connectivity index (χ0) is 15.3. The van der Waals surface area contributed by atoms with Crippen LogP contribution in [0.5, 0.6) is 0 Å². The third-order valence-electron chi connectivity index (χ3n) is 4.22. The van der Waals surface area contributed by atoms with Gasteiger partial charge >= 0.3 is 5.97 Å². The second-order valence-corrected chi connectivity index (χ2v) is 7.75. The minimum atomic E-state index is -3.75. The summed E-state index contributed by atoms with van der Waals surface area (Å²) >= 11 is 0. The van der Waals surface area contributed by atoms with Crippen molar-refractivity contribution in [1.29, 1.82) is 0 Å². The summed E-state index contributed by atoms with van der Waals surface area (Å²) in [6.45, 7) is 0.141. The molecule has 8 heteroatoms. The van der Waals surface area contributed by atoms with Gasteiger partial charge in [-0.25, -0.2) is 17.9 Å². The maximum Gasteiger partial charge on any atom is 0.352 e. The van der Waals surface area contributed by atoms with Gasteiger partial charge in [-0.2, -0.15) is 0 Å². The summed E-state index contributed by atoms with van der Waals surface area (Å²) < 4.78 is 28.5. The minimum Gasteiger partial charge on any atom is -0.477 e. The number of aliphatic hydroxyl groups is 1. The second kappa shape index (κ2) is 4.82. The van der Waals surface area contributed by atoms with E-state index in [0.717, 1.165) is 25.7 Å². The van der Waals surface area contributed by atoms with Gasteiger partial charge in [-0.1, -0.05) is 0 Å². The molecule has 1 heterocycles. The summed E-state index contributed by atoms with van der Waals surface area (Å²) in [5.74, 6) is -1.13. The van der Waals surface area contributed by atoms with Crippen LogP contribution < -0.4 is 4.72 Å². The molecule has 3 N–H and O–H groups in total. The zero-order valence-electron chi connectivity index (χ0n) is 11.4. The van der Waals surface area contributed by atoms with Crippen molar-refractivity contribution in [2.24, 2.45) is 5.41 Å². The monoisotopic (exact) mass is 314 g/mol. The number of rotatable bonds is 7. The average molecular weight is 314 g/mol. The first-order valence-corrected chi connectivity index (χ1v) is 8.41. The molecule has 0 saturated heterocycles. The Bertz CT molecular complexity index is 671. The number of nitrogens with one attached hydrogen (secondary N) is 1. The summed E-state index contributed by atoms with van der Waals surface area (Å²) in [4.78, 5) is 11.2. The van der Waals surface area contributed by atoms with Crippen molar-refractivity contribution < 1.29 is 23.4 Å². The molecular weight excluding hydrogens is 296 g/mol. The number of sulfonamides is 1. The molecule has 2 saturated carbocycles. The van der Waals surface area contributed by atoms with Crippen molar-refractivity contribution in [3.8, 4) is 0 Å². The fraction of sp³-hybridized carbons (Fsp3) is 0.615. The molecule has 3 rings (SSSR count). The predicted octanol–water partition coefficient (Wildman–Crippen LogP) is 0.572. The van der Waals surface area contributed by atoms with Crippen LogP contribution >= 0.6 is 0 Å². The van der Waals surface area contributed by atoms with E-state index in [4.69, 9.17) is 5.11 Å². The van der Waals surface area contributed by atoms with Crippen LogP contribution in [0.25, 0.3) is 0 Å². The van der Waals surface area contributed by atoms with Crippen LogP contribution in [0, 0.1) is 5.41 Å². The van der Waals surface area contributed by atoms with E-state index in [1.807, 2.05) is 0 Å². The van der Waals surface area contributed by atoms with Crippen molar-refractivity contribution in [2.45, 2.75) is 36.6 Å². The van der Waals surface area contributed by atoms with E-state index in [0.29, 0.717) is 0 Å². The number of carboxylic acid groups (broad SMARTS) is 1. The van der Waals surface area contributed by atoms with E-state index < -0.39 is 16.0 Å². The Labute approximate surface area is 122 Å². The highest BCUT2D eigenvalue weighted by Crippen LogP contribution is 2.44. The van der Waals surface area contributed by atoms with Gasteiger partial charge in [0.15, 0.2) is 0 Å². The molecule has 0 radical (unpaired) electrons. The van der Waals surface area contributed by atoms with E-state index in [-0.39, 0.29) is 35.2 Å². The van der Waals surface area contributed by atoms with Crippen LogP contribution in [0.2, 0.25) is 0 Å². The van der Waals surface area contributed by atoms with Gasteiger partial charge in [0.05, 0.1) is 0 Å². The standard InChI is InChI=1S/C13H18N2O5S/c16-8-13(3-4-13)7-14-21(19,20)10-5-11(12(17)18)15(6-10)9-1-2-9/h5-6,9,14,16H,1-4,7-8H2,(H,17,18). The molecular formula is C13H18N2O5S. The molecule has 0 bridgehead atoms. The van der Waals surface area contributed by atoms with Crippen LogP contribution in [0.15, 0.2) is 17.2 Å². The van der Waals surface area contributed by atoms with Crippen molar-refractivity contribution in [1.82, 2.24) is 9.29 Å². The Balaban J connectivity index is 1.81. The molecule has 0 amide bonds. The van der Waals surface area contributed by atoms with Crippen LogP contribution in [0.1, 0.15) is 42.2 Å². The van der Waals surface area contributed by atoms with Gasteiger partial charge in [0, 0.05) is 30.8 Å². The van der Waals surface area contributed by atoms with Crippen LogP contribution in [-0.4, -0.2) is 42.3 Å². The quantitative estimate of drug-likeness (QED) is 0.682. The first kappa shape index (κ1) is 14.6. The lowest BCUT2D eigenvalue weighted by Crippen LogP contribution is -2.31. The fourth-order valence-electron chi connectivity index (χ4n) is 2.33. The lowest BCUT2D eigenvalue weighted by molar-refractivity contribution is 0.0685. The van der Waals surface area contributed by atoms with Gasteiger partial charge in [-0.3, -0.25) is 0 Å². The highest BCUT2D eigenvalue weighted by molar-refractivity contribution is 7.89. The SMILES string of the molecule is O=C(O)c1cc(S(=O)(=O)NCC2(CO)CC2)cn1C1CC1. The summed E-state index contributed by atoms with van der Waals surface area (Å²) in [6.07, 6.45) is 4.73. The van der Waals surface area contributed by atoms with Gasteiger partial charge in [-0.05, 0) is 31.7 Å². The highest BCUT2D eigenvalue weighted by atomic mass is 32.2. The third kappa shape index (κ3) is 2.83. The summed E-state index contributed by atoms with van der Waals surface area (Å²) in [5, 5.41) is 18.4. The van der Waals surface area contributed by atoms with E-state index in [2.05, 4.69) is 4.72 Å². The fourth-order valence-corrected chi connectivity index (χ4v) is 3.51. The Kier molecular flexibility index (Phi) is 3.34. The number of hydrogen-bond acceptors (Lipinski definition) is 4. The van der Waals surface area contributed by atoms with Crippen LogP contribution in [0.3, 0.4) is 0 Å². The van der Waals surface area contributed by atoms with E-state index >= 15 is 0 Å². The van der Waals surface area contributed by atoms with Crippen molar-refractivity contribution >= 4 is 16.0 Å². The van der Waals surface area contributed by atoms with Crippen molar-refractivity contribution in [3.63, 3.8) is 0 Å². The number of aliphatic hydroxyl groups excluding tert-OH is 1. The van der Waals surface area contributed by atoms with E-state index in [1.165, 1.54) is 16.8 Å². The molecule has 2 aliphatic rings. The van der Waals surface area contributed by atoms with Gasteiger partial charge in [-0.15, -0.1) is 0 Å². The molecule has 0 spiro atoms. The Morgan fingerprint density at radius 3 is 2.57 bits per heavy atom. The molecule has 116 valence electrons. The van der Waals surface area contributed by atoms with E-state index in [1.54, 1.807) is 0 Å². The summed E-state index contributed by atoms with van der Waals surface area (Å²) in [6, 6.07) is 1.29. The number of hydrogen-bond donors (Lipinski definition) is 3. The third-order valence-corrected chi connectivity index (χ3v) is 5.59.